The summed E-state index contributed by atoms with van der Waals surface area (Å²) < 4.78 is 0. The van der Waals surface area contributed by atoms with E-state index >= 15 is 0 Å². The van der Waals surface area contributed by atoms with Crippen molar-refractivity contribution in [3.05, 3.63) is 11.4 Å². The molecule has 2 atom stereocenters. The molecular weight excluding hydrogens is 246 g/mol. The van der Waals surface area contributed by atoms with E-state index < -0.39 is 12.2 Å². The normalized spacial score (nSPS) is 23.2. The monoisotopic (exact) mass is 267 g/mol. The van der Waals surface area contributed by atoms with Crippen LogP contribution in [0.1, 0.15) is 31.2 Å². The molecule has 1 aromatic rings. The summed E-state index contributed by atoms with van der Waals surface area (Å²) >= 11 is 0. The van der Waals surface area contributed by atoms with Gasteiger partial charge in [-0.3, -0.25) is 0 Å². The molecule has 0 aromatic carbocycles. The van der Waals surface area contributed by atoms with Crippen LogP contribution in [0.4, 0.5) is 11.6 Å². The molecule has 1 aromatic heterocycles. The van der Waals surface area contributed by atoms with Crippen LogP contribution in [0.3, 0.4) is 0 Å². The Morgan fingerprint density at radius 1 is 1.26 bits per heavy atom. The molecule has 0 aliphatic carbocycles. The van der Waals surface area contributed by atoms with Crippen LogP contribution in [0.15, 0.2) is 0 Å². The van der Waals surface area contributed by atoms with Crippen LogP contribution in [0.25, 0.3) is 0 Å². The van der Waals surface area contributed by atoms with Crippen molar-refractivity contribution in [3.8, 4) is 0 Å². The number of hydrogen-bond donors (Lipinski definition) is 4. The van der Waals surface area contributed by atoms with Crippen molar-refractivity contribution in [1.82, 2.24) is 9.97 Å². The third-order valence-electron chi connectivity index (χ3n) is 3.35. The van der Waals surface area contributed by atoms with Gasteiger partial charge in [-0.25, -0.2) is 15.8 Å². The van der Waals surface area contributed by atoms with Crippen molar-refractivity contribution in [2.24, 2.45) is 5.84 Å². The van der Waals surface area contributed by atoms with E-state index in [4.69, 9.17) is 5.84 Å². The molecule has 7 nitrogen and oxygen atoms in total. The number of hydrazine groups is 1. The van der Waals surface area contributed by atoms with Gasteiger partial charge in [-0.05, 0) is 6.92 Å². The zero-order chi connectivity index (χ0) is 14.2. The Hall–Kier alpha value is -1.44. The minimum absolute atomic E-state index is 0.170. The average molecular weight is 267 g/mol. The number of β-amino-alcohol motifs (C(OH)–C–C–N with tert-alkyl or cyclic N) is 2. The number of rotatable bonds is 3. The maximum Gasteiger partial charge on any atom is 0.148 e. The first-order chi connectivity index (χ1) is 8.93. The summed E-state index contributed by atoms with van der Waals surface area (Å²) in [6, 6.07) is 0. The first-order valence-electron chi connectivity index (χ1n) is 6.40. The fourth-order valence-corrected chi connectivity index (χ4v) is 2.17. The third kappa shape index (κ3) is 2.63. The molecule has 0 bridgehead atoms. The summed E-state index contributed by atoms with van der Waals surface area (Å²) in [7, 11) is 0. The fraction of sp³-hybridized carbons (Fsp3) is 0.667. The molecule has 1 aliphatic rings. The summed E-state index contributed by atoms with van der Waals surface area (Å²) in [6.45, 7) is 6.59. The number of aliphatic hydroxyl groups excluding tert-OH is 2. The average Bonchev–Trinajstić information content (AvgIpc) is 2.69. The highest BCUT2D eigenvalue weighted by atomic mass is 16.3. The SMILES string of the molecule is Cc1c(NN)nc(C(C)C)nc1N1CC(O)C(O)C1. The number of hydrogen-bond acceptors (Lipinski definition) is 7. The first kappa shape index (κ1) is 14.0. The molecule has 5 N–H and O–H groups in total. The van der Waals surface area contributed by atoms with Gasteiger partial charge in [-0.1, -0.05) is 13.8 Å². The van der Waals surface area contributed by atoms with Crippen LogP contribution in [0.2, 0.25) is 0 Å². The number of nitrogens with zero attached hydrogens (tertiary/aromatic N) is 3. The zero-order valence-electron chi connectivity index (χ0n) is 11.5. The van der Waals surface area contributed by atoms with Crippen molar-refractivity contribution in [2.75, 3.05) is 23.4 Å². The molecule has 0 amide bonds. The van der Waals surface area contributed by atoms with Crippen LogP contribution in [-0.2, 0) is 0 Å². The van der Waals surface area contributed by atoms with Crippen LogP contribution >= 0.6 is 0 Å². The van der Waals surface area contributed by atoms with E-state index in [1.807, 2.05) is 25.7 Å². The molecule has 1 fully saturated rings. The second-order valence-corrected chi connectivity index (χ2v) is 5.22. The number of nitrogen functional groups attached to an aromatic ring is 1. The second-order valence-electron chi connectivity index (χ2n) is 5.22. The number of nitrogens with two attached hydrogens (primary N) is 1. The minimum Gasteiger partial charge on any atom is -0.389 e. The van der Waals surface area contributed by atoms with E-state index in [1.165, 1.54) is 0 Å². The standard InChI is InChI=1S/C12H21N5O2/c1-6(2)10-14-11(16-13)7(3)12(15-10)17-4-8(18)9(19)5-17/h6,8-9,18-19H,4-5,13H2,1-3H3,(H,14,15,16). The largest absolute Gasteiger partial charge is 0.389 e. The van der Waals surface area contributed by atoms with Crippen LogP contribution in [0, 0.1) is 6.92 Å². The molecule has 106 valence electrons. The van der Waals surface area contributed by atoms with Gasteiger partial charge >= 0.3 is 0 Å². The van der Waals surface area contributed by atoms with Crippen molar-refractivity contribution in [1.29, 1.82) is 0 Å². The molecule has 1 saturated heterocycles. The lowest BCUT2D eigenvalue weighted by molar-refractivity contribution is 0.0572. The number of anilines is 2. The Kier molecular flexibility index (Phi) is 3.88. The quantitative estimate of drug-likeness (QED) is 0.441. The van der Waals surface area contributed by atoms with E-state index in [2.05, 4.69) is 15.4 Å². The van der Waals surface area contributed by atoms with Crippen molar-refractivity contribution in [3.63, 3.8) is 0 Å². The topological polar surface area (TPSA) is 108 Å². The van der Waals surface area contributed by atoms with Gasteiger partial charge in [-0.15, -0.1) is 0 Å². The highest BCUT2D eigenvalue weighted by molar-refractivity contribution is 5.59. The lowest BCUT2D eigenvalue weighted by atomic mass is 10.2. The third-order valence-corrected chi connectivity index (χ3v) is 3.35. The van der Waals surface area contributed by atoms with E-state index in [1.54, 1.807) is 0 Å². The molecule has 0 radical (unpaired) electrons. The fourth-order valence-electron chi connectivity index (χ4n) is 2.17. The number of aliphatic hydroxyl groups is 2. The molecule has 0 spiro atoms. The molecular formula is C12H21N5O2. The maximum atomic E-state index is 9.65. The predicted molar refractivity (Wildman–Crippen MR) is 72.9 cm³/mol. The first-order valence-corrected chi connectivity index (χ1v) is 6.40. The highest BCUT2D eigenvalue weighted by Gasteiger charge is 2.32. The van der Waals surface area contributed by atoms with E-state index in [-0.39, 0.29) is 5.92 Å². The van der Waals surface area contributed by atoms with E-state index in [9.17, 15) is 10.2 Å². The summed E-state index contributed by atoms with van der Waals surface area (Å²) in [6.07, 6.45) is -1.49. The smallest absolute Gasteiger partial charge is 0.148 e. The summed E-state index contributed by atoms with van der Waals surface area (Å²) in [5.41, 5.74) is 3.39. The van der Waals surface area contributed by atoms with Crippen molar-refractivity contribution < 1.29 is 10.2 Å². The van der Waals surface area contributed by atoms with E-state index in [0.29, 0.717) is 30.5 Å². The van der Waals surface area contributed by atoms with Gasteiger partial charge in [0.15, 0.2) is 0 Å². The van der Waals surface area contributed by atoms with Gasteiger partial charge in [0.2, 0.25) is 0 Å². The summed E-state index contributed by atoms with van der Waals surface area (Å²) in [5, 5.41) is 19.3. The summed E-state index contributed by atoms with van der Waals surface area (Å²) in [5.74, 6) is 7.62. The molecule has 19 heavy (non-hydrogen) atoms. The second kappa shape index (κ2) is 5.28. The number of nitrogens with one attached hydrogen (secondary N) is 1. The van der Waals surface area contributed by atoms with Crippen LogP contribution in [0.5, 0.6) is 0 Å². The van der Waals surface area contributed by atoms with Gasteiger partial charge in [0, 0.05) is 24.6 Å². The van der Waals surface area contributed by atoms with E-state index in [0.717, 1.165) is 5.56 Å². The lowest BCUT2D eigenvalue weighted by Crippen LogP contribution is -2.25. The Labute approximate surface area is 112 Å². The van der Waals surface area contributed by atoms with Gasteiger partial charge in [0.25, 0.3) is 0 Å². The molecule has 7 heteroatoms. The molecule has 2 heterocycles. The predicted octanol–water partition coefficient (Wildman–Crippen LogP) is -0.264. The van der Waals surface area contributed by atoms with Crippen LogP contribution < -0.4 is 16.2 Å². The Morgan fingerprint density at radius 3 is 2.32 bits per heavy atom. The van der Waals surface area contributed by atoms with Gasteiger partial charge in [-0.2, -0.15) is 0 Å². The van der Waals surface area contributed by atoms with Crippen molar-refractivity contribution >= 4 is 11.6 Å². The van der Waals surface area contributed by atoms with Gasteiger partial charge in [0.1, 0.15) is 17.5 Å². The Balaban J connectivity index is 2.41. The highest BCUT2D eigenvalue weighted by Crippen LogP contribution is 2.28. The molecule has 0 saturated carbocycles. The van der Waals surface area contributed by atoms with Gasteiger partial charge < -0.3 is 20.5 Å². The van der Waals surface area contributed by atoms with Crippen molar-refractivity contribution in [2.45, 2.75) is 38.9 Å². The molecule has 2 rings (SSSR count). The Bertz CT molecular complexity index is 456. The Morgan fingerprint density at radius 2 is 1.84 bits per heavy atom. The maximum absolute atomic E-state index is 9.65. The number of aromatic nitrogens is 2. The zero-order valence-corrected chi connectivity index (χ0v) is 11.5. The van der Waals surface area contributed by atoms with Gasteiger partial charge in [0.05, 0.1) is 12.2 Å². The van der Waals surface area contributed by atoms with Crippen LogP contribution in [-0.4, -0.2) is 45.5 Å². The molecule has 2 unspecified atom stereocenters. The lowest BCUT2D eigenvalue weighted by Gasteiger charge is -2.21. The summed E-state index contributed by atoms with van der Waals surface area (Å²) in [4.78, 5) is 10.8. The minimum atomic E-state index is -0.744. The molecule has 1 aliphatic heterocycles.